The molecule has 0 aromatic heterocycles. The average Bonchev–Trinajstić information content (AvgIpc) is 2.64. The molecule has 4 unspecified atom stereocenters. The van der Waals surface area contributed by atoms with Crippen molar-refractivity contribution < 1.29 is 28.8 Å². The van der Waals surface area contributed by atoms with Gasteiger partial charge in [-0.3, -0.25) is 0 Å². The Balaban J connectivity index is 1.83. The van der Waals surface area contributed by atoms with Crippen molar-refractivity contribution >= 4 is 5.97 Å². The summed E-state index contributed by atoms with van der Waals surface area (Å²) in [6.07, 6.45) is 2.01. The van der Waals surface area contributed by atoms with E-state index in [9.17, 15) is 9.90 Å². The molecule has 4 atom stereocenters. The fourth-order valence-electron chi connectivity index (χ4n) is 2.52. The second-order valence-electron chi connectivity index (χ2n) is 6.05. The Morgan fingerprint density at radius 1 is 1.36 bits per heavy atom. The van der Waals surface area contributed by atoms with Crippen molar-refractivity contribution in [3.63, 3.8) is 0 Å². The van der Waals surface area contributed by atoms with Crippen molar-refractivity contribution in [2.45, 2.75) is 51.3 Å². The monoisotopic (exact) mass is 350 g/mol. The molecule has 6 heteroatoms. The van der Waals surface area contributed by atoms with Crippen molar-refractivity contribution in [3.05, 3.63) is 42.5 Å². The zero-order valence-corrected chi connectivity index (χ0v) is 14.7. The topological polar surface area (TPSA) is 74.2 Å². The fourth-order valence-corrected chi connectivity index (χ4v) is 2.52. The van der Waals surface area contributed by atoms with Gasteiger partial charge in [0.05, 0.1) is 12.2 Å². The molecule has 0 amide bonds. The Hall–Kier alpha value is -1.89. The minimum Gasteiger partial charge on any atom is -0.491 e. The molecule has 0 radical (unpaired) electrons. The molecule has 1 heterocycles. The van der Waals surface area contributed by atoms with Crippen LogP contribution in [0.15, 0.2) is 36.9 Å². The molecule has 1 aliphatic heterocycles. The van der Waals surface area contributed by atoms with Crippen molar-refractivity contribution in [3.8, 4) is 5.75 Å². The number of rotatable bonds is 8. The van der Waals surface area contributed by atoms with E-state index < -0.39 is 12.1 Å². The number of esters is 1. The Labute approximate surface area is 148 Å². The van der Waals surface area contributed by atoms with Crippen LogP contribution in [0.4, 0.5) is 0 Å². The molecule has 0 spiro atoms. The van der Waals surface area contributed by atoms with Gasteiger partial charge >= 0.3 is 5.97 Å². The van der Waals surface area contributed by atoms with E-state index in [1.54, 1.807) is 12.1 Å². The molecular weight excluding hydrogens is 324 g/mol. The lowest BCUT2D eigenvalue weighted by Gasteiger charge is -2.34. The van der Waals surface area contributed by atoms with E-state index in [0.717, 1.165) is 24.5 Å². The number of aliphatic hydroxyl groups is 1. The third-order valence-corrected chi connectivity index (χ3v) is 3.90. The average molecular weight is 350 g/mol. The number of hydrogen-bond donors (Lipinski definition) is 1. The van der Waals surface area contributed by atoms with Crippen molar-refractivity contribution in [2.24, 2.45) is 0 Å². The molecule has 0 bridgehead atoms. The maximum Gasteiger partial charge on any atom is 0.330 e. The molecule has 0 saturated carbocycles. The van der Waals surface area contributed by atoms with E-state index in [4.69, 9.17) is 18.9 Å². The van der Waals surface area contributed by atoms with Crippen molar-refractivity contribution in [1.29, 1.82) is 0 Å². The standard InChI is InChI=1S/C19H26O6/c1-4-16-10-13(3)24-19(25-16)14-6-8-17(9-7-14)22-11-15(20)12-23-18(21)5-2/h5-9,13,15-16,19-20H,2,4,10-12H2,1,3H3. The summed E-state index contributed by atoms with van der Waals surface area (Å²) in [7, 11) is 0. The lowest BCUT2D eigenvalue weighted by molar-refractivity contribution is -0.243. The highest BCUT2D eigenvalue weighted by molar-refractivity contribution is 5.81. The van der Waals surface area contributed by atoms with Gasteiger partial charge in [0, 0.05) is 11.6 Å². The van der Waals surface area contributed by atoms with Crippen LogP contribution in [0.1, 0.15) is 38.5 Å². The number of aliphatic hydroxyl groups excluding tert-OH is 1. The fraction of sp³-hybridized carbons (Fsp3) is 0.526. The maximum absolute atomic E-state index is 10.9. The van der Waals surface area contributed by atoms with E-state index in [2.05, 4.69) is 20.4 Å². The SMILES string of the molecule is C=CC(=O)OCC(O)COc1ccc(C2OC(C)CC(CC)O2)cc1. The van der Waals surface area contributed by atoms with Gasteiger partial charge in [-0.15, -0.1) is 0 Å². The van der Waals surface area contributed by atoms with E-state index in [0.29, 0.717) is 5.75 Å². The summed E-state index contributed by atoms with van der Waals surface area (Å²) in [5.41, 5.74) is 0.929. The predicted octanol–water partition coefficient (Wildman–Crippen LogP) is 2.76. The summed E-state index contributed by atoms with van der Waals surface area (Å²) < 4.78 is 22.0. The Morgan fingerprint density at radius 3 is 2.72 bits per heavy atom. The number of benzene rings is 1. The summed E-state index contributed by atoms with van der Waals surface area (Å²) in [6, 6.07) is 7.36. The molecule has 138 valence electrons. The molecule has 1 aromatic carbocycles. The highest BCUT2D eigenvalue weighted by Gasteiger charge is 2.27. The van der Waals surface area contributed by atoms with Crippen LogP contribution < -0.4 is 4.74 Å². The smallest absolute Gasteiger partial charge is 0.330 e. The third-order valence-electron chi connectivity index (χ3n) is 3.90. The molecule has 0 aliphatic carbocycles. The first kappa shape index (κ1) is 19.4. The molecule has 25 heavy (non-hydrogen) atoms. The predicted molar refractivity (Wildman–Crippen MR) is 92.2 cm³/mol. The van der Waals surface area contributed by atoms with Gasteiger partial charge in [0.1, 0.15) is 25.1 Å². The summed E-state index contributed by atoms with van der Waals surface area (Å²) >= 11 is 0. The molecule has 1 saturated heterocycles. The summed E-state index contributed by atoms with van der Waals surface area (Å²) in [5, 5.41) is 9.72. The Bertz CT molecular complexity index is 556. The van der Waals surface area contributed by atoms with Crippen LogP contribution in [-0.2, 0) is 19.0 Å². The van der Waals surface area contributed by atoms with Gasteiger partial charge < -0.3 is 24.1 Å². The first-order valence-electron chi connectivity index (χ1n) is 8.52. The van der Waals surface area contributed by atoms with E-state index in [1.807, 2.05) is 12.1 Å². The van der Waals surface area contributed by atoms with Gasteiger partial charge in [-0.05, 0) is 31.9 Å². The van der Waals surface area contributed by atoms with Crippen molar-refractivity contribution in [2.75, 3.05) is 13.2 Å². The zero-order valence-electron chi connectivity index (χ0n) is 14.7. The number of ether oxygens (including phenoxy) is 4. The normalized spacial score (nSPS) is 24.4. The molecule has 6 nitrogen and oxygen atoms in total. The van der Waals surface area contributed by atoms with Crippen LogP contribution in [0.3, 0.4) is 0 Å². The minimum absolute atomic E-state index is 0.0230. The largest absolute Gasteiger partial charge is 0.491 e. The molecule has 1 aliphatic rings. The molecule has 2 rings (SSSR count). The molecular formula is C19H26O6. The highest BCUT2D eigenvalue weighted by atomic mass is 16.7. The summed E-state index contributed by atoms with van der Waals surface area (Å²) in [6.45, 7) is 7.33. The third kappa shape index (κ3) is 6.16. The number of hydrogen-bond acceptors (Lipinski definition) is 6. The van der Waals surface area contributed by atoms with Gasteiger partial charge in [-0.2, -0.15) is 0 Å². The summed E-state index contributed by atoms with van der Waals surface area (Å²) in [4.78, 5) is 10.9. The van der Waals surface area contributed by atoms with Crippen LogP contribution in [0, 0.1) is 0 Å². The van der Waals surface area contributed by atoms with Gasteiger partial charge in [0.25, 0.3) is 0 Å². The second kappa shape index (κ2) is 9.56. The van der Waals surface area contributed by atoms with Crippen LogP contribution in [0.2, 0.25) is 0 Å². The van der Waals surface area contributed by atoms with Crippen LogP contribution in [0.5, 0.6) is 5.75 Å². The molecule has 1 aromatic rings. The van der Waals surface area contributed by atoms with Gasteiger partial charge in [-0.1, -0.05) is 25.6 Å². The number of carbonyl (C=O) groups excluding carboxylic acids is 1. The highest BCUT2D eigenvalue weighted by Crippen LogP contribution is 2.31. The van der Waals surface area contributed by atoms with E-state index >= 15 is 0 Å². The Morgan fingerprint density at radius 2 is 2.08 bits per heavy atom. The lowest BCUT2D eigenvalue weighted by atomic mass is 10.1. The first-order chi connectivity index (χ1) is 12.0. The van der Waals surface area contributed by atoms with Gasteiger partial charge in [0.2, 0.25) is 0 Å². The molecule has 1 N–H and O–H groups in total. The second-order valence-corrected chi connectivity index (χ2v) is 6.05. The quantitative estimate of drug-likeness (QED) is 0.574. The van der Waals surface area contributed by atoms with Crippen molar-refractivity contribution in [1.82, 2.24) is 0 Å². The first-order valence-corrected chi connectivity index (χ1v) is 8.52. The minimum atomic E-state index is -0.903. The number of carbonyl (C=O) groups is 1. The lowest BCUT2D eigenvalue weighted by Crippen LogP contribution is -2.31. The van der Waals surface area contributed by atoms with Crippen LogP contribution in [-0.4, -0.2) is 42.6 Å². The maximum atomic E-state index is 10.9. The van der Waals surface area contributed by atoms with Crippen LogP contribution in [0.25, 0.3) is 0 Å². The van der Waals surface area contributed by atoms with E-state index in [1.165, 1.54) is 0 Å². The van der Waals surface area contributed by atoms with Gasteiger partial charge in [-0.25, -0.2) is 4.79 Å². The van der Waals surface area contributed by atoms with Gasteiger partial charge in [0.15, 0.2) is 6.29 Å². The summed E-state index contributed by atoms with van der Waals surface area (Å²) in [5.74, 6) is 0.0317. The zero-order chi connectivity index (χ0) is 18.2. The molecule has 1 fully saturated rings. The van der Waals surface area contributed by atoms with Crippen LogP contribution >= 0.6 is 0 Å². The Kier molecular flexibility index (Phi) is 7.43. The van der Waals surface area contributed by atoms with E-state index in [-0.39, 0.29) is 31.7 Å².